The SMILES string of the molecule is CC(C)(C#Cc1c(F)cc(F)cc1F)OC(=O)c1ccc([S+](c2ccccc2)c2ccccc2)cc1. The maximum absolute atomic E-state index is 13.9. The van der Waals surface area contributed by atoms with E-state index in [-0.39, 0.29) is 10.9 Å². The molecule has 0 saturated heterocycles. The normalized spacial score (nSPS) is 11.1. The van der Waals surface area contributed by atoms with Crippen LogP contribution in [0.2, 0.25) is 0 Å². The van der Waals surface area contributed by atoms with Crippen LogP contribution in [0.4, 0.5) is 13.2 Å². The molecule has 4 aromatic carbocycles. The largest absolute Gasteiger partial charge is 0.443 e. The number of carbonyl (C=O) groups is 1. The van der Waals surface area contributed by atoms with Gasteiger partial charge in [0.25, 0.3) is 0 Å². The highest BCUT2D eigenvalue weighted by Gasteiger charge is 2.29. The van der Waals surface area contributed by atoms with E-state index in [2.05, 4.69) is 36.1 Å². The highest BCUT2D eigenvalue weighted by molar-refractivity contribution is 7.97. The van der Waals surface area contributed by atoms with Crippen LogP contribution in [0, 0.1) is 29.3 Å². The van der Waals surface area contributed by atoms with Gasteiger partial charge in [-0.05, 0) is 62.4 Å². The Hall–Kier alpha value is -3.95. The van der Waals surface area contributed by atoms with Crippen molar-refractivity contribution in [1.82, 2.24) is 0 Å². The first-order valence-corrected chi connectivity index (χ1v) is 12.3. The van der Waals surface area contributed by atoms with Crippen molar-refractivity contribution in [3.63, 3.8) is 0 Å². The Morgan fingerprint density at radius 3 is 1.72 bits per heavy atom. The zero-order valence-electron chi connectivity index (χ0n) is 19.6. The molecular formula is C30H22F3O2S+. The minimum absolute atomic E-state index is 0.317. The summed E-state index contributed by atoms with van der Waals surface area (Å²) in [5.74, 6) is 0.978. The average Bonchev–Trinajstić information content (AvgIpc) is 2.85. The summed E-state index contributed by atoms with van der Waals surface area (Å²) in [6.07, 6.45) is 0. The second kappa shape index (κ2) is 10.8. The number of ether oxygens (including phenoxy) is 1. The summed E-state index contributed by atoms with van der Waals surface area (Å²) in [6.45, 7) is 3.02. The van der Waals surface area contributed by atoms with Crippen LogP contribution in [0.5, 0.6) is 0 Å². The number of halogens is 3. The number of esters is 1. The van der Waals surface area contributed by atoms with Gasteiger partial charge in [-0.25, -0.2) is 18.0 Å². The number of hydrogen-bond acceptors (Lipinski definition) is 2. The maximum atomic E-state index is 13.9. The van der Waals surface area contributed by atoms with Crippen LogP contribution in [0.15, 0.2) is 112 Å². The molecule has 0 aliphatic carbocycles. The van der Waals surface area contributed by atoms with Crippen molar-refractivity contribution >= 4 is 16.9 Å². The molecule has 180 valence electrons. The topological polar surface area (TPSA) is 26.3 Å². The average molecular weight is 504 g/mol. The summed E-state index contributed by atoms with van der Waals surface area (Å²) >= 11 is 0. The van der Waals surface area contributed by atoms with Gasteiger partial charge in [-0.1, -0.05) is 48.2 Å². The molecule has 0 aromatic heterocycles. The van der Waals surface area contributed by atoms with Gasteiger partial charge in [0, 0.05) is 12.1 Å². The van der Waals surface area contributed by atoms with Crippen LogP contribution in [-0.2, 0) is 15.6 Å². The molecule has 0 N–H and O–H groups in total. The predicted molar refractivity (Wildman–Crippen MR) is 134 cm³/mol. The van der Waals surface area contributed by atoms with Crippen molar-refractivity contribution in [2.75, 3.05) is 0 Å². The fourth-order valence-corrected chi connectivity index (χ4v) is 5.52. The molecule has 0 aliphatic heterocycles. The van der Waals surface area contributed by atoms with Crippen molar-refractivity contribution in [1.29, 1.82) is 0 Å². The minimum atomic E-state index is -1.35. The van der Waals surface area contributed by atoms with E-state index in [0.717, 1.165) is 14.7 Å². The third kappa shape index (κ3) is 5.99. The monoisotopic (exact) mass is 503 g/mol. The molecule has 0 fully saturated rings. The van der Waals surface area contributed by atoms with Crippen molar-refractivity contribution in [3.05, 3.63) is 126 Å². The van der Waals surface area contributed by atoms with Gasteiger partial charge in [-0.2, -0.15) is 0 Å². The molecule has 0 bridgehead atoms. The van der Waals surface area contributed by atoms with E-state index >= 15 is 0 Å². The number of hydrogen-bond donors (Lipinski definition) is 0. The Kier molecular flexibility index (Phi) is 7.52. The van der Waals surface area contributed by atoms with E-state index in [4.69, 9.17) is 4.74 Å². The standard InChI is InChI=1S/C30H22F3O2S/c1-30(2,18-17-26-27(32)19-22(31)20-28(26)33)35-29(34)21-13-15-25(16-14-21)36(23-9-5-3-6-10-23)24-11-7-4-8-12-24/h3-16,19-20H,1-2H3/q+1. The zero-order valence-corrected chi connectivity index (χ0v) is 20.4. The summed E-state index contributed by atoms with van der Waals surface area (Å²) in [5, 5.41) is 0. The highest BCUT2D eigenvalue weighted by atomic mass is 32.2. The van der Waals surface area contributed by atoms with Crippen LogP contribution in [-0.4, -0.2) is 11.6 Å². The molecule has 0 radical (unpaired) electrons. The summed E-state index contributed by atoms with van der Waals surface area (Å²) in [5.41, 5.74) is -1.61. The molecule has 0 heterocycles. The van der Waals surface area contributed by atoms with Crippen LogP contribution < -0.4 is 0 Å². The lowest BCUT2D eigenvalue weighted by Gasteiger charge is -2.19. The van der Waals surface area contributed by atoms with Gasteiger partial charge in [0.1, 0.15) is 17.5 Å². The third-order valence-corrected chi connectivity index (χ3v) is 7.36. The smallest absolute Gasteiger partial charge is 0.339 e. The molecule has 6 heteroatoms. The third-order valence-electron chi connectivity index (χ3n) is 5.13. The Labute approximate surface area is 211 Å². The lowest BCUT2D eigenvalue weighted by Crippen LogP contribution is -2.26. The van der Waals surface area contributed by atoms with Crippen LogP contribution in [0.1, 0.15) is 29.8 Å². The van der Waals surface area contributed by atoms with Gasteiger partial charge in [-0.15, -0.1) is 0 Å². The molecule has 0 aliphatic rings. The first-order valence-electron chi connectivity index (χ1n) is 11.1. The molecule has 36 heavy (non-hydrogen) atoms. The summed E-state index contributed by atoms with van der Waals surface area (Å²) in [6, 6.07) is 28.5. The molecule has 0 saturated carbocycles. The highest BCUT2D eigenvalue weighted by Crippen LogP contribution is 2.31. The van der Waals surface area contributed by atoms with E-state index < -0.39 is 34.6 Å². The molecular weight excluding hydrogens is 481 g/mol. The second-order valence-corrected chi connectivity index (χ2v) is 10.4. The Morgan fingerprint density at radius 1 is 0.750 bits per heavy atom. The van der Waals surface area contributed by atoms with Gasteiger partial charge in [0.05, 0.1) is 22.0 Å². The van der Waals surface area contributed by atoms with E-state index in [1.54, 1.807) is 12.1 Å². The Bertz CT molecular complexity index is 1360. The number of carbonyl (C=O) groups excluding carboxylic acids is 1. The van der Waals surface area contributed by atoms with Gasteiger partial charge in [0.2, 0.25) is 0 Å². The summed E-state index contributed by atoms with van der Waals surface area (Å²) in [4.78, 5) is 16.1. The molecule has 0 atom stereocenters. The van der Waals surface area contributed by atoms with E-state index in [1.807, 2.05) is 48.5 Å². The lowest BCUT2D eigenvalue weighted by molar-refractivity contribution is 0.0204. The molecule has 0 amide bonds. The van der Waals surface area contributed by atoms with E-state index in [0.29, 0.717) is 17.7 Å². The summed E-state index contributed by atoms with van der Waals surface area (Å²) < 4.78 is 46.4. The quantitative estimate of drug-likeness (QED) is 0.164. The van der Waals surface area contributed by atoms with Crippen LogP contribution in [0.3, 0.4) is 0 Å². The van der Waals surface area contributed by atoms with E-state index in [1.165, 1.54) is 13.8 Å². The molecule has 0 spiro atoms. The van der Waals surface area contributed by atoms with Gasteiger partial charge in [0.15, 0.2) is 20.3 Å². The Balaban J connectivity index is 1.55. The fraction of sp³-hybridized carbons (Fsp3) is 0.100. The van der Waals surface area contributed by atoms with Crippen molar-refractivity contribution in [2.24, 2.45) is 0 Å². The van der Waals surface area contributed by atoms with Crippen LogP contribution in [0.25, 0.3) is 0 Å². The summed E-state index contributed by atoms with van der Waals surface area (Å²) in [7, 11) is -0.358. The molecule has 2 nitrogen and oxygen atoms in total. The predicted octanol–water partition coefficient (Wildman–Crippen LogP) is 7.19. The number of benzene rings is 4. The van der Waals surface area contributed by atoms with E-state index in [9.17, 15) is 18.0 Å². The molecule has 4 rings (SSSR count). The van der Waals surface area contributed by atoms with Gasteiger partial charge in [-0.3, -0.25) is 0 Å². The van der Waals surface area contributed by atoms with Crippen molar-refractivity contribution < 1.29 is 22.7 Å². The number of rotatable bonds is 5. The zero-order chi connectivity index (χ0) is 25.7. The Morgan fingerprint density at radius 2 is 1.22 bits per heavy atom. The van der Waals surface area contributed by atoms with Crippen molar-refractivity contribution in [2.45, 2.75) is 34.1 Å². The first kappa shape index (κ1) is 25.2. The maximum Gasteiger partial charge on any atom is 0.339 e. The van der Waals surface area contributed by atoms with Crippen molar-refractivity contribution in [3.8, 4) is 11.8 Å². The first-order chi connectivity index (χ1) is 17.2. The van der Waals surface area contributed by atoms with Gasteiger partial charge < -0.3 is 4.74 Å². The van der Waals surface area contributed by atoms with Crippen LogP contribution >= 0.6 is 0 Å². The molecule has 0 unspecified atom stereocenters. The van der Waals surface area contributed by atoms with Gasteiger partial charge >= 0.3 is 5.97 Å². The fourth-order valence-electron chi connectivity index (χ4n) is 3.44. The minimum Gasteiger partial charge on any atom is -0.443 e. The lowest BCUT2D eigenvalue weighted by atomic mass is 10.1. The molecule has 4 aromatic rings. The second-order valence-electron chi connectivity index (χ2n) is 8.35.